The first-order valence-electron chi connectivity index (χ1n) is 11.7. The summed E-state index contributed by atoms with van der Waals surface area (Å²) in [6.07, 6.45) is 29.9. The van der Waals surface area contributed by atoms with Crippen molar-refractivity contribution in [2.45, 2.75) is 53.4 Å². The van der Waals surface area contributed by atoms with Crippen molar-refractivity contribution in [1.82, 2.24) is 0 Å². The average molecular weight is 482 g/mol. The molecule has 2 spiro atoms. The van der Waals surface area contributed by atoms with Crippen LogP contribution in [0, 0.1) is 10.8 Å². The summed E-state index contributed by atoms with van der Waals surface area (Å²) < 4.78 is 3.48. The maximum atomic E-state index is 2.60. The van der Waals surface area contributed by atoms with Crippen LogP contribution in [0.5, 0.6) is 0 Å². The van der Waals surface area contributed by atoms with Crippen LogP contribution in [-0.4, -0.2) is 0 Å². The summed E-state index contributed by atoms with van der Waals surface area (Å²) in [6.45, 7) is 9.23. The topological polar surface area (TPSA) is 0 Å². The minimum atomic E-state index is -0.986. The Morgan fingerprint density at radius 1 is 0.645 bits per heavy atom. The van der Waals surface area contributed by atoms with Crippen LogP contribution in [0.3, 0.4) is 0 Å². The van der Waals surface area contributed by atoms with Crippen molar-refractivity contribution in [3.63, 3.8) is 0 Å². The van der Waals surface area contributed by atoms with E-state index in [1.807, 2.05) is 0 Å². The van der Waals surface area contributed by atoms with Gasteiger partial charge in [0, 0.05) is 0 Å². The molecule has 31 heavy (non-hydrogen) atoms. The first-order chi connectivity index (χ1) is 14.9. The van der Waals surface area contributed by atoms with Gasteiger partial charge >= 0.3 is 199 Å². The molecule has 0 aromatic carbocycles. The molecule has 0 N–H and O–H groups in total. The summed E-state index contributed by atoms with van der Waals surface area (Å²) in [5.41, 5.74) is 12.4. The molecule has 0 fully saturated rings. The van der Waals surface area contributed by atoms with E-state index in [0.29, 0.717) is 0 Å². The maximum absolute atomic E-state index is 2.60. The van der Waals surface area contributed by atoms with Crippen molar-refractivity contribution in [2.75, 3.05) is 0 Å². The van der Waals surface area contributed by atoms with Gasteiger partial charge in [0.05, 0.1) is 0 Å². The van der Waals surface area contributed by atoms with E-state index in [1.165, 1.54) is 48.0 Å². The van der Waals surface area contributed by atoms with Gasteiger partial charge in [0.2, 0.25) is 0 Å². The molecule has 154 valence electrons. The number of hydrogen-bond acceptors (Lipinski definition) is 0. The summed E-state index contributed by atoms with van der Waals surface area (Å²) in [5.74, 6) is 0. The van der Waals surface area contributed by atoms with Crippen molar-refractivity contribution in [2.24, 2.45) is 10.8 Å². The Bertz CT molecular complexity index is 1130. The molecule has 2 atom stereocenters. The zero-order chi connectivity index (χ0) is 21.4. The molecular weight excluding hydrogens is 452 g/mol. The predicted molar refractivity (Wildman–Crippen MR) is 127 cm³/mol. The summed E-state index contributed by atoms with van der Waals surface area (Å²) in [4.78, 5) is 0. The Morgan fingerprint density at radius 3 is 1.55 bits per heavy atom. The fourth-order valence-electron chi connectivity index (χ4n) is 6.97. The van der Waals surface area contributed by atoms with Gasteiger partial charge in [0.25, 0.3) is 0 Å². The Kier molecular flexibility index (Phi) is 4.43. The SMILES string of the molecule is CC1=CC23C(=CC=[C]2[Zr][C]2=CC=C4CCC=C5C(C)=CC(C)=CC425)CCC=C3C(C)=C1. The first-order valence-corrected chi connectivity index (χ1v) is 14.2. The van der Waals surface area contributed by atoms with Crippen LogP contribution in [0.4, 0.5) is 0 Å². The Labute approximate surface area is 198 Å². The molecule has 6 aliphatic carbocycles. The molecule has 6 aliphatic rings. The third kappa shape index (κ3) is 2.62. The molecule has 0 heterocycles. The van der Waals surface area contributed by atoms with Gasteiger partial charge in [0.15, 0.2) is 0 Å². The fourth-order valence-corrected chi connectivity index (χ4v) is 11.3. The number of rotatable bonds is 2. The summed E-state index contributed by atoms with van der Waals surface area (Å²) >= 11 is -0.986. The summed E-state index contributed by atoms with van der Waals surface area (Å²) in [7, 11) is 0. The Balaban J connectivity index is 1.45. The zero-order valence-electron chi connectivity index (χ0n) is 19.1. The second-order valence-corrected chi connectivity index (χ2v) is 13.3. The van der Waals surface area contributed by atoms with Crippen LogP contribution in [-0.2, 0) is 23.2 Å². The second-order valence-electron chi connectivity index (χ2n) is 10.0. The van der Waals surface area contributed by atoms with Gasteiger partial charge in [-0.2, -0.15) is 0 Å². The molecule has 0 aliphatic heterocycles. The van der Waals surface area contributed by atoms with Crippen LogP contribution in [0.1, 0.15) is 53.4 Å². The first kappa shape index (κ1) is 19.9. The molecule has 2 unspecified atom stereocenters. The molecule has 0 amide bonds. The van der Waals surface area contributed by atoms with Crippen molar-refractivity contribution in [3.8, 4) is 0 Å². The quantitative estimate of drug-likeness (QED) is 0.375. The third-order valence-corrected chi connectivity index (χ3v) is 12.1. The molecule has 1 heteroatoms. The second kappa shape index (κ2) is 6.89. The van der Waals surface area contributed by atoms with E-state index in [2.05, 4.69) is 88.5 Å². The average Bonchev–Trinajstić information content (AvgIpc) is 3.25. The molecule has 0 aromatic rings. The van der Waals surface area contributed by atoms with Gasteiger partial charge in [-0.3, -0.25) is 0 Å². The number of allylic oxidation sites excluding steroid dienone is 20. The molecular formula is C30H30Zr. The van der Waals surface area contributed by atoms with E-state index in [1.54, 1.807) is 28.9 Å². The standard InChI is InChI=1S/2C15H15.Zr/c2*1-11-9-12(2)14-7-3-5-13-6-4-8-15(13,14)10-11;/h2*4,6-7,9-10H,3,5H2,1-2H3;. The van der Waals surface area contributed by atoms with Crippen molar-refractivity contribution in [1.29, 1.82) is 0 Å². The Hall–Kier alpha value is -1.72. The van der Waals surface area contributed by atoms with Crippen LogP contribution in [0.2, 0.25) is 0 Å². The van der Waals surface area contributed by atoms with Crippen LogP contribution in [0.25, 0.3) is 0 Å². The molecule has 6 rings (SSSR count). The third-order valence-electron chi connectivity index (χ3n) is 8.03. The predicted octanol–water partition coefficient (Wildman–Crippen LogP) is 7.94. The van der Waals surface area contributed by atoms with E-state index in [0.717, 1.165) is 0 Å². The van der Waals surface area contributed by atoms with E-state index in [4.69, 9.17) is 0 Å². The van der Waals surface area contributed by atoms with E-state index >= 15 is 0 Å². The van der Waals surface area contributed by atoms with Crippen molar-refractivity contribution >= 4 is 0 Å². The summed E-state index contributed by atoms with van der Waals surface area (Å²) in [6, 6.07) is 0. The van der Waals surface area contributed by atoms with Crippen LogP contribution < -0.4 is 0 Å². The molecule has 0 radical (unpaired) electrons. The normalized spacial score (nSPS) is 32.9. The Morgan fingerprint density at radius 2 is 1.10 bits per heavy atom. The van der Waals surface area contributed by atoms with Gasteiger partial charge in [0.1, 0.15) is 0 Å². The van der Waals surface area contributed by atoms with Crippen molar-refractivity contribution < 1.29 is 23.2 Å². The van der Waals surface area contributed by atoms with Gasteiger partial charge < -0.3 is 0 Å². The van der Waals surface area contributed by atoms with Gasteiger partial charge in [-0.1, -0.05) is 0 Å². The van der Waals surface area contributed by atoms with Gasteiger partial charge in [-0.15, -0.1) is 0 Å². The van der Waals surface area contributed by atoms with Gasteiger partial charge in [-0.05, 0) is 0 Å². The number of hydrogen-bond donors (Lipinski definition) is 0. The van der Waals surface area contributed by atoms with Crippen LogP contribution in [0.15, 0.2) is 112 Å². The molecule has 0 bridgehead atoms. The van der Waals surface area contributed by atoms with E-state index in [-0.39, 0.29) is 10.8 Å². The zero-order valence-corrected chi connectivity index (χ0v) is 21.6. The molecule has 0 nitrogen and oxygen atoms in total. The van der Waals surface area contributed by atoms with E-state index < -0.39 is 23.2 Å². The van der Waals surface area contributed by atoms with Crippen molar-refractivity contribution in [3.05, 3.63) is 112 Å². The van der Waals surface area contributed by atoms with Gasteiger partial charge in [-0.25, -0.2) is 0 Å². The molecule has 0 aromatic heterocycles. The van der Waals surface area contributed by atoms with Crippen LogP contribution >= 0.6 is 0 Å². The van der Waals surface area contributed by atoms with E-state index in [9.17, 15) is 0 Å². The summed E-state index contributed by atoms with van der Waals surface area (Å²) in [5, 5.41) is 0. The monoisotopic (exact) mass is 480 g/mol. The minimum absolute atomic E-state index is 0.0738. The fraction of sp³-hybridized carbons (Fsp3) is 0.333. The molecule has 0 saturated heterocycles. The molecule has 0 saturated carbocycles.